The molecule has 0 unspecified atom stereocenters. The van der Waals surface area contributed by atoms with Crippen molar-refractivity contribution < 1.29 is 4.79 Å². The SMILES string of the molecule is CCN(CCCN(C)C)CC(=O)Cc1ccccc1. The average molecular weight is 262 g/mol. The van der Waals surface area contributed by atoms with Crippen LogP contribution >= 0.6 is 0 Å². The minimum Gasteiger partial charge on any atom is -0.309 e. The third-order valence-electron chi connectivity index (χ3n) is 3.17. The van der Waals surface area contributed by atoms with Gasteiger partial charge in [-0.15, -0.1) is 0 Å². The van der Waals surface area contributed by atoms with E-state index in [0.717, 1.165) is 31.6 Å². The highest BCUT2D eigenvalue weighted by Gasteiger charge is 2.09. The highest BCUT2D eigenvalue weighted by Crippen LogP contribution is 2.02. The fraction of sp³-hybridized carbons (Fsp3) is 0.562. The number of benzene rings is 1. The molecule has 0 fully saturated rings. The zero-order valence-corrected chi connectivity index (χ0v) is 12.4. The average Bonchev–Trinajstić information content (AvgIpc) is 2.38. The Kier molecular flexibility index (Phi) is 7.38. The van der Waals surface area contributed by atoms with E-state index in [1.54, 1.807) is 0 Å². The molecule has 3 nitrogen and oxygen atoms in total. The number of rotatable bonds is 9. The minimum atomic E-state index is 0.304. The molecule has 0 spiro atoms. The molecule has 3 heteroatoms. The molecule has 0 amide bonds. The lowest BCUT2D eigenvalue weighted by Gasteiger charge is -2.20. The van der Waals surface area contributed by atoms with E-state index in [4.69, 9.17) is 0 Å². The molecule has 0 bridgehead atoms. The van der Waals surface area contributed by atoms with Gasteiger partial charge in [-0.3, -0.25) is 9.69 Å². The van der Waals surface area contributed by atoms with Gasteiger partial charge in [-0.05, 0) is 45.7 Å². The van der Waals surface area contributed by atoms with E-state index < -0.39 is 0 Å². The molecule has 0 saturated heterocycles. The Hall–Kier alpha value is -1.19. The summed E-state index contributed by atoms with van der Waals surface area (Å²) in [4.78, 5) is 16.4. The molecule has 1 aromatic carbocycles. The van der Waals surface area contributed by atoms with Crippen molar-refractivity contribution in [1.29, 1.82) is 0 Å². The molecule has 0 saturated carbocycles. The zero-order chi connectivity index (χ0) is 14.1. The molecule has 0 aromatic heterocycles. The normalized spacial score (nSPS) is 11.2. The molecule has 1 aromatic rings. The van der Waals surface area contributed by atoms with Crippen LogP contribution in [0.1, 0.15) is 18.9 Å². The van der Waals surface area contributed by atoms with E-state index >= 15 is 0 Å². The van der Waals surface area contributed by atoms with Crippen molar-refractivity contribution in [2.45, 2.75) is 19.8 Å². The highest BCUT2D eigenvalue weighted by atomic mass is 16.1. The Balaban J connectivity index is 2.32. The van der Waals surface area contributed by atoms with Crippen molar-refractivity contribution in [3.05, 3.63) is 35.9 Å². The van der Waals surface area contributed by atoms with Crippen LogP contribution in [0, 0.1) is 0 Å². The summed E-state index contributed by atoms with van der Waals surface area (Å²) in [6.07, 6.45) is 1.66. The number of hydrogen-bond donors (Lipinski definition) is 0. The third-order valence-corrected chi connectivity index (χ3v) is 3.17. The van der Waals surface area contributed by atoms with Crippen molar-refractivity contribution in [3.8, 4) is 0 Å². The number of hydrogen-bond acceptors (Lipinski definition) is 3. The maximum absolute atomic E-state index is 12.0. The van der Waals surface area contributed by atoms with Crippen molar-refractivity contribution in [2.24, 2.45) is 0 Å². The predicted octanol–water partition coefficient (Wildman–Crippen LogP) is 2.07. The van der Waals surface area contributed by atoms with Gasteiger partial charge in [-0.25, -0.2) is 0 Å². The van der Waals surface area contributed by atoms with Crippen LogP contribution in [0.2, 0.25) is 0 Å². The summed E-state index contributed by atoms with van der Waals surface area (Å²) in [7, 11) is 4.16. The lowest BCUT2D eigenvalue weighted by atomic mass is 10.1. The second-order valence-electron chi connectivity index (χ2n) is 5.23. The predicted molar refractivity (Wildman–Crippen MR) is 80.4 cm³/mol. The molecule has 1 rings (SSSR count). The van der Waals surface area contributed by atoms with Crippen LogP contribution in [-0.2, 0) is 11.2 Å². The van der Waals surface area contributed by atoms with Crippen LogP contribution in [0.4, 0.5) is 0 Å². The van der Waals surface area contributed by atoms with Crippen LogP contribution in [0.15, 0.2) is 30.3 Å². The van der Waals surface area contributed by atoms with Crippen LogP contribution in [0.25, 0.3) is 0 Å². The van der Waals surface area contributed by atoms with Crippen LogP contribution in [-0.4, -0.2) is 55.9 Å². The first-order valence-corrected chi connectivity index (χ1v) is 7.04. The van der Waals surface area contributed by atoms with Crippen molar-refractivity contribution in [3.63, 3.8) is 0 Å². The van der Waals surface area contributed by atoms with E-state index in [0.29, 0.717) is 18.7 Å². The number of carbonyl (C=O) groups is 1. The lowest BCUT2D eigenvalue weighted by Crippen LogP contribution is -2.32. The van der Waals surface area contributed by atoms with Gasteiger partial charge in [0.05, 0.1) is 6.54 Å². The molecule has 0 aliphatic heterocycles. The summed E-state index contributed by atoms with van der Waals surface area (Å²) in [5, 5.41) is 0. The summed E-state index contributed by atoms with van der Waals surface area (Å²) in [5.74, 6) is 0.304. The molecular formula is C16H26N2O. The molecule has 0 atom stereocenters. The summed E-state index contributed by atoms with van der Waals surface area (Å²) >= 11 is 0. The van der Waals surface area contributed by atoms with Gasteiger partial charge < -0.3 is 4.90 Å². The number of likely N-dealkylation sites (N-methyl/N-ethyl adjacent to an activating group) is 1. The van der Waals surface area contributed by atoms with Gasteiger partial charge in [0.2, 0.25) is 0 Å². The Morgan fingerprint density at radius 2 is 1.79 bits per heavy atom. The first-order valence-electron chi connectivity index (χ1n) is 7.04. The topological polar surface area (TPSA) is 23.6 Å². The molecule has 0 heterocycles. The number of Topliss-reactive ketones (excluding diaryl/α,β-unsaturated/α-hetero) is 1. The monoisotopic (exact) mass is 262 g/mol. The highest BCUT2D eigenvalue weighted by molar-refractivity contribution is 5.82. The Labute approximate surface area is 117 Å². The third kappa shape index (κ3) is 7.09. The van der Waals surface area contributed by atoms with Gasteiger partial charge in [-0.1, -0.05) is 37.3 Å². The smallest absolute Gasteiger partial charge is 0.151 e. The Morgan fingerprint density at radius 1 is 1.11 bits per heavy atom. The largest absolute Gasteiger partial charge is 0.309 e. The molecule has 0 aliphatic carbocycles. The Bertz CT molecular complexity index is 362. The van der Waals surface area contributed by atoms with Crippen molar-refractivity contribution in [1.82, 2.24) is 9.80 Å². The van der Waals surface area contributed by atoms with Gasteiger partial charge in [0.25, 0.3) is 0 Å². The molecule has 0 N–H and O–H groups in total. The summed E-state index contributed by atoms with van der Waals surface area (Å²) in [6.45, 7) is 5.69. The van der Waals surface area contributed by atoms with E-state index in [-0.39, 0.29) is 0 Å². The van der Waals surface area contributed by atoms with Gasteiger partial charge in [-0.2, -0.15) is 0 Å². The van der Waals surface area contributed by atoms with E-state index in [9.17, 15) is 4.79 Å². The lowest BCUT2D eigenvalue weighted by molar-refractivity contribution is -0.119. The van der Waals surface area contributed by atoms with Crippen LogP contribution in [0.3, 0.4) is 0 Å². The van der Waals surface area contributed by atoms with Crippen LogP contribution < -0.4 is 0 Å². The standard InChI is InChI=1S/C16H26N2O/c1-4-18(12-8-11-17(2)3)14-16(19)13-15-9-6-5-7-10-15/h5-7,9-10H,4,8,11-14H2,1-3H3. The fourth-order valence-electron chi connectivity index (χ4n) is 2.09. The van der Waals surface area contributed by atoms with Crippen LogP contribution in [0.5, 0.6) is 0 Å². The molecule has 106 valence electrons. The number of ketones is 1. The van der Waals surface area contributed by atoms with Gasteiger partial charge >= 0.3 is 0 Å². The molecule has 0 aliphatic rings. The second kappa shape index (κ2) is 8.83. The van der Waals surface area contributed by atoms with E-state index in [2.05, 4.69) is 30.8 Å². The van der Waals surface area contributed by atoms with E-state index in [1.165, 1.54) is 0 Å². The van der Waals surface area contributed by atoms with Gasteiger partial charge in [0.15, 0.2) is 5.78 Å². The number of carbonyl (C=O) groups excluding carboxylic acids is 1. The summed E-state index contributed by atoms with van der Waals surface area (Å²) < 4.78 is 0. The molecular weight excluding hydrogens is 236 g/mol. The van der Waals surface area contributed by atoms with Crippen molar-refractivity contribution >= 4 is 5.78 Å². The van der Waals surface area contributed by atoms with Crippen molar-refractivity contribution in [2.75, 3.05) is 40.3 Å². The van der Waals surface area contributed by atoms with Gasteiger partial charge in [0, 0.05) is 6.42 Å². The first-order chi connectivity index (χ1) is 9.11. The Morgan fingerprint density at radius 3 is 2.37 bits per heavy atom. The fourth-order valence-corrected chi connectivity index (χ4v) is 2.09. The molecule has 0 radical (unpaired) electrons. The maximum Gasteiger partial charge on any atom is 0.151 e. The first kappa shape index (κ1) is 15.9. The quantitative estimate of drug-likeness (QED) is 0.681. The summed E-state index contributed by atoms with van der Waals surface area (Å²) in [5.41, 5.74) is 1.11. The maximum atomic E-state index is 12.0. The van der Waals surface area contributed by atoms with E-state index in [1.807, 2.05) is 30.3 Å². The minimum absolute atomic E-state index is 0.304. The molecule has 19 heavy (non-hydrogen) atoms. The zero-order valence-electron chi connectivity index (χ0n) is 12.4. The van der Waals surface area contributed by atoms with Gasteiger partial charge in [0.1, 0.15) is 0 Å². The second-order valence-corrected chi connectivity index (χ2v) is 5.23. The summed E-state index contributed by atoms with van der Waals surface area (Å²) in [6, 6.07) is 9.97. The number of nitrogens with zero attached hydrogens (tertiary/aromatic N) is 2.